The third-order valence-electron chi connectivity index (χ3n) is 4.34. The molecule has 0 radical (unpaired) electrons. The molecule has 0 bridgehead atoms. The normalized spacial score (nSPS) is 10.5. The van der Waals surface area contributed by atoms with Crippen LogP contribution in [0.1, 0.15) is 39.3 Å². The van der Waals surface area contributed by atoms with E-state index >= 15 is 0 Å². The smallest absolute Gasteiger partial charge is 0.251 e. The van der Waals surface area contributed by atoms with Gasteiger partial charge in [-0.3, -0.25) is 14.3 Å². The maximum absolute atomic E-state index is 12.3. The van der Waals surface area contributed by atoms with E-state index in [1.807, 2.05) is 32.5 Å². The van der Waals surface area contributed by atoms with Crippen LogP contribution in [0.3, 0.4) is 0 Å². The standard InChI is InChI=1S/C18H24N4O2/c1-11-14(18(24)19-4)7-6-8-16(11)20-17(23)10-9-15-12(2)21-22(5)13(15)3/h6-8H,9-10H2,1-5H3,(H,19,24)(H,20,23). The molecule has 24 heavy (non-hydrogen) atoms. The SMILES string of the molecule is CNC(=O)c1cccc(NC(=O)CCc2c(C)nn(C)c2C)c1C. The van der Waals surface area contributed by atoms with Gasteiger partial charge in [0, 0.05) is 37.5 Å². The van der Waals surface area contributed by atoms with E-state index in [1.54, 1.807) is 25.2 Å². The molecule has 0 atom stereocenters. The molecule has 0 aliphatic heterocycles. The lowest BCUT2D eigenvalue weighted by Gasteiger charge is -2.12. The first-order chi connectivity index (χ1) is 11.3. The number of aryl methyl sites for hydroxylation is 2. The number of benzene rings is 1. The summed E-state index contributed by atoms with van der Waals surface area (Å²) in [5.41, 5.74) is 5.15. The zero-order valence-corrected chi connectivity index (χ0v) is 14.9. The van der Waals surface area contributed by atoms with Gasteiger partial charge in [0.1, 0.15) is 0 Å². The molecule has 0 aliphatic carbocycles. The Morgan fingerprint density at radius 2 is 1.92 bits per heavy atom. The molecule has 0 saturated heterocycles. The highest BCUT2D eigenvalue weighted by molar-refractivity contribution is 5.99. The minimum Gasteiger partial charge on any atom is -0.355 e. The van der Waals surface area contributed by atoms with Gasteiger partial charge >= 0.3 is 0 Å². The number of nitrogens with one attached hydrogen (secondary N) is 2. The van der Waals surface area contributed by atoms with Crippen LogP contribution in [-0.2, 0) is 18.3 Å². The van der Waals surface area contributed by atoms with E-state index in [4.69, 9.17) is 0 Å². The number of rotatable bonds is 5. The molecule has 2 amide bonds. The summed E-state index contributed by atoms with van der Waals surface area (Å²) in [6.45, 7) is 5.79. The maximum atomic E-state index is 12.3. The highest BCUT2D eigenvalue weighted by Gasteiger charge is 2.14. The lowest BCUT2D eigenvalue weighted by Crippen LogP contribution is -2.20. The fourth-order valence-corrected chi connectivity index (χ4v) is 2.78. The Balaban J connectivity index is 2.06. The number of hydrogen-bond donors (Lipinski definition) is 2. The molecular formula is C18H24N4O2. The fraction of sp³-hybridized carbons (Fsp3) is 0.389. The molecule has 0 unspecified atom stereocenters. The molecule has 128 valence electrons. The maximum Gasteiger partial charge on any atom is 0.251 e. The second kappa shape index (κ2) is 7.29. The van der Waals surface area contributed by atoms with Gasteiger partial charge in [-0.1, -0.05) is 6.07 Å². The van der Waals surface area contributed by atoms with Gasteiger partial charge in [-0.25, -0.2) is 0 Å². The molecule has 6 nitrogen and oxygen atoms in total. The van der Waals surface area contributed by atoms with Crippen molar-refractivity contribution in [2.75, 3.05) is 12.4 Å². The summed E-state index contributed by atoms with van der Waals surface area (Å²) in [5, 5.41) is 9.87. The van der Waals surface area contributed by atoms with Gasteiger partial charge in [0.2, 0.25) is 5.91 Å². The highest BCUT2D eigenvalue weighted by atomic mass is 16.2. The van der Waals surface area contributed by atoms with Crippen molar-refractivity contribution in [2.24, 2.45) is 7.05 Å². The van der Waals surface area contributed by atoms with Crippen molar-refractivity contribution < 1.29 is 9.59 Å². The molecular weight excluding hydrogens is 304 g/mol. The average molecular weight is 328 g/mol. The van der Waals surface area contributed by atoms with Gasteiger partial charge in [-0.05, 0) is 50.5 Å². The molecule has 1 aromatic heterocycles. The minimum absolute atomic E-state index is 0.0743. The van der Waals surface area contributed by atoms with Gasteiger partial charge in [0.15, 0.2) is 0 Å². The zero-order valence-electron chi connectivity index (χ0n) is 14.9. The average Bonchev–Trinajstić information content (AvgIpc) is 2.79. The summed E-state index contributed by atoms with van der Waals surface area (Å²) in [6, 6.07) is 5.31. The number of nitrogens with zero attached hydrogens (tertiary/aromatic N) is 2. The first-order valence-corrected chi connectivity index (χ1v) is 7.95. The topological polar surface area (TPSA) is 76.0 Å². The van der Waals surface area contributed by atoms with Crippen molar-refractivity contribution in [1.29, 1.82) is 0 Å². The van der Waals surface area contributed by atoms with Crippen LogP contribution in [-0.4, -0.2) is 28.6 Å². The van der Waals surface area contributed by atoms with Crippen LogP contribution >= 0.6 is 0 Å². The molecule has 1 aromatic carbocycles. The Kier molecular flexibility index (Phi) is 5.39. The van der Waals surface area contributed by atoms with E-state index in [0.29, 0.717) is 24.1 Å². The van der Waals surface area contributed by atoms with Gasteiger partial charge in [-0.15, -0.1) is 0 Å². The molecule has 1 heterocycles. The van der Waals surface area contributed by atoms with E-state index in [2.05, 4.69) is 15.7 Å². The van der Waals surface area contributed by atoms with Crippen molar-refractivity contribution in [3.05, 3.63) is 46.3 Å². The number of aromatic nitrogens is 2. The summed E-state index contributed by atoms with van der Waals surface area (Å²) in [5.74, 6) is -0.236. The van der Waals surface area contributed by atoms with E-state index in [1.165, 1.54) is 0 Å². The lowest BCUT2D eigenvalue weighted by molar-refractivity contribution is -0.116. The van der Waals surface area contributed by atoms with Crippen molar-refractivity contribution in [3.8, 4) is 0 Å². The summed E-state index contributed by atoms with van der Waals surface area (Å²) < 4.78 is 1.83. The molecule has 0 saturated carbocycles. The number of amides is 2. The largest absolute Gasteiger partial charge is 0.355 e. The molecule has 6 heteroatoms. The van der Waals surface area contributed by atoms with E-state index in [9.17, 15) is 9.59 Å². The summed E-state index contributed by atoms with van der Waals surface area (Å²) in [4.78, 5) is 24.1. The predicted molar refractivity (Wildman–Crippen MR) is 94.2 cm³/mol. The minimum atomic E-state index is -0.162. The van der Waals surface area contributed by atoms with Gasteiger partial charge < -0.3 is 10.6 Å². The third kappa shape index (κ3) is 3.64. The number of carbonyl (C=O) groups is 2. The zero-order chi connectivity index (χ0) is 17.9. The van der Waals surface area contributed by atoms with E-state index in [0.717, 1.165) is 22.5 Å². The Bertz CT molecular complexity index is 778. The van der Waals surface area contributed by atoms with Crippen LogP contribution in [0.15, 0.2) is 18.2 Å². The van der Waals surface area contributed by atoms with Crippen LogP contribution in [0, 0.1) is 20.8 Å². The molecule has 2 aromatic rings. The summed E-state index contributed by atoms with van der Waals surface area (Å²) in [7, 11) is 3.49. The van der Waals surface area contributed by atoms with Gasteiger partial charge in [0.05, 0.1) is 5.69 Å². The molecule has 2 N–H and O–H groups in total. The Hall–Kier alpha value is -2.63. The predicted octanol–water partition coefficient (Wildman–Crippen LogP) is 2.28. The monoisotopic (exact) mass is 328 g/mol. The Morgan fingerprint density at radius 3 is 2.50 bits per heavy atom. The Morgan fingerprint density at radius 1 is 1.21 bits per heavy atom. The van der Waals surface area contributed by atoms with Gasteiger partial charge in [0.25, 0.3) is 5.91 Å². The first-order valence-electron chi connectivity index (χ1n) is 7.95. The number of carbonyl (C=O) groups excluding carboxylic acids is 2. The Labute approximate surface area is 142 Å². The highest BCUT2D eigenvalue weighted by Crippen LogP contribution is 2.20. The quantitative estimate of drug-likeness (QED) is 0.884. The van der Waals surface area contributed by atoms with E-state index in [-0.39, 0.29) is 11.8 Å². The lowest BCUT2D eigenvalue weighted by atomic mass is 10.0. The summed E-state index contributed by atoms with van der Waals surface area (Å²) in [6.07, 6.45) is 1.02. The van der Waals surface area contributed by atoms with Crippen LogP contribution in [0.25, 0.3) is 0 Å². The van der Waals surface area contributed by atoms with Crippen LogP contribution < -0.4 is 10.6 Å². The van der Waals surface area contributed by atoms with Crippen LogP contribution in [0.4, 0.5) is 5.69 Å². The summed E-state index contributed by atoms with van der Waals surface area (Å²) >= 11 is 0. The number of anilines is 1. The third-order valence-corrected chi connectivity index (χ3v) is 4.34. The first kappa shape index (κ1) is 17.7. The second-order valence-electron chi connectivity index (χ2n) is 5.88. The number of hydrogen-bond acceptors (Lipinski definition) is 3. The van der Waals surface area contributed by atoms with Crippen molar-refractivity contribution >= 4 is 17.5 Å². The second-order valence-corrected chi connectivity index (χ2v) is 5.88. The van der Waals surface area contributed by atoms with Crippen molar-refractivity contribution in [1.82, 2.24) is 15.1 Å². The fourth-order valence-electron chi connectivity index (χ4n) is 2.78. The van der Waals surface area contributed by atoms with Crippen LogP contribution in [0.5, 0.6) is 0 Å². The molecule has 0 spiro atoms. The molecule has 0 aliphatic rings. The molecule has 0 fully saturated rings. The van der Waals surface area contributed by atoms with Crippen molar-refractivity contribution in [2.45, 2.75) is 33.6 Å². The van der Waals surface area contributed by atoms with Crippen LogP contribution in [0.2, 0.25) is 0 Å². The van der Waals surface area contributed by atoms with E-state index < -0.39 is 0 Å². The van der Waals surface area contributed by atoms with Crippen molar-refractivity contribution in [3.63, 3.8) is 0 Å². The molecule has 2 rings (SSSR count). The van der Waals surface area contributed by atoms with Gasteiger partial charge in [-0.2, -0.15) is 5.10 Å².